The summed E-state index contributed by atoms with van der Waals surface area (Å²) in [6, 6.07) is 17.7. The first-order chi connectivity index (χ1) is 9.70. The second-order valence-corrected chi connectivity index (χ2v) is 6.07. The third-order valence-electron chi connectivity index (χ3n) is 3.48. The van der Waals surface area contributed by atoms with Gasteiger partial charge in [-0.25, -0.2) is 0 Å². The molecule has 0 saturated carbocycles. The number of hydrogen-bond acceptors (Lipinski definition) is 1. The van der Waals surface area contributed by atoms with Crippen LogP contribution in [0.1, 0.15) is 36.1 Å². The predicted molar refractivity (Wildman–Crippen MR) is 90.1 cm³/mol. The smallest absolute Gasteiger partial charge is 0.0372 e. The Balaban J connectivity index is 2.19. The summed E-state index contributed by atoms with van der Waals surface area (Å²) >= 11 is 3.67. The number of hydrogen-bond donors (Lipinski definition) is 1. The number of rotatable bonds is 6. The lowest BCUT2D eigenvalue weighted by Crippen LogP contribution is -2.24. The average molecular weight is 332 g/mol. The molecule has 2 rings (SSSR count). The first kappa shape index (κ1) is 15.3. The molecule has 0 bridgehead atoms. The van der Waals surface area contributed by atoms with Crippen LogP contribution in [0.2, 0.25) is 0 Å². The van der Waals surface area contributed by atoms with Crippen LogP contribution < -0.4 is 5.32 Å². The van der Waals surface area contributed by atoms with Crippen LogP contribution in [0.25, 0.3) is 0 Å². The van der Waals surface area contributed by atoms with Gasteiger partial charge in [0.05, 0.1) is 0 Å². The highest BCUT2D eigenvalue weighted by atomic mass is 79.9. The van der Waals surface area contributed by atoms with Crippen molar-refractivity contribution < 1.29 is 0 Å². The molecule has 0 amide bonds. The van der Waals surface area contributed by atoms with Gasteiger partial charge in [-0.15, -0.1) is 0 Å². The van der Waals surface area contributed by atoms with Crippen LogP contribution in [0.3, 0.4) is 0 Å². The van der Waals surface area contributed by atoms with Gasteiger partial charge in [-0.1, -0.05) is 70.9 Å². The Morgan fingerprint density at radius 2 is 1.75 bits per heavy atom. The van der Waals surface area contributed by atoms with E-state index in [1.807, 2.05) is 0 Å². The van der Waals surface area contributed by atoms with Gasteiger partial charge in [0, 0.05) is 10.5 Å². The van der Waals surface area contributed by atoms with Gasteiger partial charge in [0.1, 0.15) is 0 Å². The van der Waals surface area contributed by atoms with Gasteiger partial charge in [-0.05, 0) is 43.5 Å². The molecule has 0 aliphatic carbocycles. The summed E-state index contributed by atoms with van der Waals surface area (Å²) in [5, 5.41) is 3.66. The van der Waals surface area contributed by atoms with Crippen molar-refractivity contribution in [2.75, 3.05) is 6.54 Å². The first-order valence-corrected chi connectivity index (χ1v) is 8.03. The standard InChI is InChI=1S/C18H22BrN/c1-3-12-20-18(16-6-4-5-7-17(16)19)13-15-10-8-14(2)9-11-15/h4-11,18,20H,3,12-13H2,1-2H3. The normalized spacial score (nSPS) is 12.3. The van der Waals surface area contributed by atoms with Gasteiger partial charge < -0.3 is 5.32 Å². The second-order valence-electron chi connectivity index (χ2n) is 5.22. The maximum absolute atomic E-state index is 3.67. The Hall–Kier alpha value is -1.12. The summed E-state index contributed by atoms with van der Waals surface area (Å²) in [5.74, 6) is 0. The Kier molecular flexibility index (Phi) is 5.81. The van der Waals surface area contributed by atoms with Crippen molar-refractivity contribution in [2.24, 2.45) is 0 Å². The van der Waals surface area contributed by atoms with E-state index >= 15 is 0 Å². The first-order valence-electron chi connectivity index (χ1n) is 7.24. The number of nitrogens with one attached hydrogen (secondary N) is 1. The van der Waals surface area contributed by atoms with Gasteiger partial charge in [0.2, 0.25) is 0 Å². The minimum absolute atomic E-state index is 0.355. The minimum Gasteiger partial charge on any atom is -0.310 e. The molecule has 0 aliphatic rings. The van der Waals surface area contributed by atoms with Gasteiger partial charge in [-0.2, -0.15) is 0 Å². The van der Waals surface area contributed by atoms with E-state index in [4.69, 9.17) is 0 Å². The maximum Gasteiger partial charge on any atom is 0.0372 e. The highest BCUT2D eigenvalue weighted by molar-refractivity contribution is 9.10. The van der Waals surface area contributed by atoms with Crippen molar-refractivity contribution in [2.45, 2.75) is 32.7 Å². The molecule has 0 spiro atoms. The molecule has 0 saturated heterocycles. The third-order valence-corrected chi connectivity index (χ3v) is 4.20. The van der Waals surface area contributed by atoms with E-state index in [1.54, 1.807) is 0 Å². The van der Waals surface area contributed by atoms with E-state index in [9.17, 15) is 0 Å². The monoisotopic (exact) mass is 331 g/mol. The maximum atomic E-state index is 3.67. The highest BCUT2D eigenvalue weighted by Gasteiger charge is 2.14. The van der Waals surface area contributed by atoms with Crippen LogP contribution >= 0.6 is 15.9 Å². The lowest BCUT2D eigenvalue weighted by Gasteiger charge is -2.20. The Morgan fingerprint density at radius 1 is 1.05 bits per heavy atom. The van der Waals surface area contributed by atoms with Crippen molar-refractivity contribution in [3.8, 4) is 0 Å². The van der Waals surface area contributed by atoms with E-state index in [1.165, 1.54) is 21.2 Å². The van der Waals surface area contributed by atoms with Crippen LogP contribution in [0, 0.1) is 6.92 Å². The van der Waals surface area contributed by atoms with Crippen LogP contribution in [0.15, 0.2) is 53.0 Å². The van der Waals surface area contributed by atoms with Gasteiger partial charge >= 0.3 is 0 Å². The molecule has 0 heterocycles. The fourth-order valence-corrected chi connectivity index (χ4v) is 2.89. The molecule has 0 radical (unpaired) electrons. The van der Waals surface area contributed by atoms with Gasteiger partial charge in [0.25, 0.3) is 0 Å². The van der Waals surface area contributed by atoms with E-state index in [0.29, 0.717) is 6.04 Å². The van der Waals surface area contributed by atoms with Crippen LogP contribution in [-0.4, -0.2) is 6.54 Å². The molecule has 0 fully saturated rings. The van der Waals surface area contributed by atoms with Gasteiger partial charge in [-0.3, -0.25) is 0 Å². The lowest BCUT2D eigenvalue weighted by atomic mass is 9.98. The number of halogens is 1. The van der Waals surface area contributed by atoms with Crippen molar-refractivity contribution in [1.29, 1.82) is 0 Å². The molecule has 106 valence electrons. The predicted octanol–water partition coefficient (Wildman–Crippen LogP) is 5.04. The third kappa shape index (κ3) is 4.19. The van der Waals surface area contributed by atoms with E-state index in [0.717, 1.165) is 19.4 Å². The summed E-state index contributed by atoms with van der Waals surface area (Å²) in [6.45, 7) is 5.37. The largest absolute Gasteiger partial charge is 0.310 e. The van der Waals surface area contributed by atoms with Crippen molar-refractivity contribution in [1.82, 2.24) is 5.32 Å². The van der Waals surface area contributed by atoms with E-state index < -0.39 is 0 Å². The van der Waals surface area contributed by atoms with Crippen LogP contribution in [0.5, 0.6) is 0 Å². The molecule has 1 atom stereocenters. The quantitative estimate of drug-likeness (QED) is 0.781. The zero-order valence-corrected chi connectivity index (χ0v) is 13.8. The summed E-state index contributed by atoms with van der Waals surface area (Å²) < 4.78 is 1.18. The minimum atomic E-state index is 0.355. The molecule has 0 aliphatic heterocycles. The van der Waals surface area contributed by atoms with Crippen LogP contribution in [0.4, 0.5) is 0 Å². The molecule has 1 N–H and O–H groups in total. The zero-order chi connectivity index (χ0) is 14.4. The fraction of sp³-hybridized carbons (Fsp3) is 0.333. The lowest BCUT2D eigenvalue weighted by molar-refractivity contribution is 0.527. The van der Waals surface area contributed by atoms with Crippen LogP contribution in [-0.2, 0) is 6.42 Å². The molecule has 20 heavy (non-hydrogen) atoms. The second kappa shape index (κ2) is 7.61. The molecule has 0 aromatic heterocycles. The highest BCUT2D eigenvalue weighted by Crippen LogP contribution is 2.26. The van der Waals surface area contributed by atoms with Crippen molar-refractivity contribution in [3.63, 3.8) is 0 Å². The number of benzene rings is 2. The molecular formula is C18H22BrN. The zero-order valence-electron chi connectivity index (χ0n) is 12.2. The molecule has 2 aromatic rings. The Morgan fingerprint density at radius 3 is 2.40 bits per heavy atom. The van der Waals surface area contributed by atoms with Gasteiger partial charge in [0.15, 0.2) is 0 Å². The van der Waals surface area contributed by atoms with E-state index in [2.05, 4.69) is 83.6 Å². The number of aryl methyl sites for hydroxylation is 1. The SMILES string of the molecule is CCCNC(Cc1ccc(C)cc1)c1ccccc1Br. The van der Waals surface area contributed by atoms with E-state index in [-0.39, 0.29) is 0 Å². The summed E-state index contributed by atoms with van der Waals surface area (Å²) in [7, 11) is 0. The Labute approximate surface area is 130 Å². The summed E-state index contributed by atoms with van der Waals surface area (Å²) in [6.07, 6.45) is 2.16. The summed E-state index contributed by atoms with van der Waals surface area (Å²) in [4.78, 5) is 0. The van der Waals surface area contributed by atoms with Crippen molar-refractivity contribution in [3.05, 3.63) is 69.7 Å². The Bertz CT molecular complexity index is 533. The average Bonchev–Trinajstić information content (AvgIpc) is 2.46. The molecule has 1 nitrogen and oxygen atoms in total. The molecule has 1 unspecified atom stereocenters. The summed E-state index contributed by atoms with van der Waals surface area (Å²) in [5.41, 5.74) is 4.02. The molecule has 2 aromatic carbocycles. The molecule has 2 heteroatoms. The molecular weight excluding hydrogens is 310 g/mol. The van der Waals surface area contributed by atoms with Crippen molar-refractivity contribution >= 4 is 15.9 Å². The topological polar surface area (TPSA) is 12.0 Å². The fourth-order valence-electron chi connectivity index (χ4n) is 2.33.